The van der Waals surface area contributed by atoms with E-state index in [-0.39, 0.29) is 16.6 Å². The summed E-state index contributed by atoms with van der Waals surface area (Å²) in [6, 6.07) is 1.60. The van der Waals surface area contributed by atoms with E-state index in [0.29, 0.717) is 6.07 Å². The number of fused-ring (bicyclic) bond motifs is 1. The van der Waals surface area contributed by atoms with E-state index in [4.69, 9.17) is 5.73 Å². The van der Waals surface area contributed by atoms with Crippen LogP contribution in [0.1, 0.15) is 0 Å². The second-order valence-corrected chi connectivity index (χ2v) is 2.82. The molecule has 14 heavy (non-hydrogen) atoms. The molecule has 1 aromatic carbocycles. The van der Waals surface area contributed by atoms with Crippen molar-refractivity contribution in [2.24, 2.45) is 0 Å². The van der Waals surface area contributed by atoms with E-state index in [1.54, 1.807) is 0 Å². The lowest BCUT2D eigenvalue weighted by Crippen LogP contribution is -1.95. The maximum atomic E-state index is 13.1. The van der Waals surface area contributed by atoms with Gasteiger partial charge in [0.15, 0.2) is 17.5 Å². The molecule has 0 saturated carbocycles. The number of halogens is 3. The Labute approximate surface area is 77.2 Å². The number of benzene rings is 1. The van der Waals surface area contributed by atoms with E-state index < -0.39 is 17.5 Å². The molecule has 0 radical (unpaired) electrons. The molecule has 1 aromatic heterocycles. The monoisotopic (exact) mass is 198 g/mol. The highest BCUT2D eigenvalue weighted by atomic mass is 19.2. The minimum Gasteiger partial charge on any atom is -0.397 e. The average Bonchev–Trinajstić information content (AvgIpc) is 2.14. The van der Waals surface area contributed by atoms with Crippen LogP contribution in [-0.4, -0.2) is 4.98 Å². The number of anilines is 1. The van der Waals surface area contributed by atoms with Gasteiger partial charge in [-0.3, -0.25) is 4.98 Å². The third-order valence-electron chi connectivity index (χ3n) is 1.83. The first-order chi connectivity index (χ1) is 6.59. The Kier molecular flexibility index (Phi) is 1.80. The lowest BCUT2D eigenvalue weighted by molar-refractivity contribution is 0.505. The Bertz CT molecular complexity index is 511. The van der Waals surface area contributed by atoms with Gasteiger partial charge in [-0.2, -0.15) is 0 Å². The zero-order chi connectivity index (χ0) is 10.3. The maximum Gasteiger partial charge on any atom is 0.168 e. The lowest BCUT2D eigenvalue weighted by Gasteiger charge is -2.02. The minimum absolute atomic E-state index is 0.154. The summed E-state index contributed by atoms with van der Waals surface area (Å²) < 4.78 is 38.9. The highest BCUT2D eigenvalue weighted by Gasteiger charge is 2.12. The summed E-state index contributed by atoms with van der Waals surface area (Å²) in [4.78, 5) is 3.58. The van der Waals surface area contributed by atoms with Gasteiger partial charge in [0.05, 0.1) is 11.9 Å². The fourth-order valence-electron chi connectivity index (χ4n) is 1.21. The topological polar surface area (TPSA) is 38.9 Å². The highest BCUT2D eigenvalue weighted by Crippen LogP contribution is 2.23. The molecule has 2 aromatic rings. The number of pyridine rings is 1. The number of nitrogens with zero attached hydrogens (tertiary/aromatic N) is 1. The van der Waals surface area contributed by atoms with Crippen molar-refractivity contribution < 1.29 is 13.2 Å². The SMILES string of the molecule is Nc1cnc2c(F)cc(F)c(F)c2c1. The summed E-state index contributed by atoms with van der Waals surface area (Å²) in [5.41, 5.74) is 5.25. The third kappa shape index (κ3) is 1.17. The van der Waals surface area contributed by atoms with Gasteiger partial charge in [0.25, 0.3) is 0 Å². The molecule has 0 atom stereocenters. The van der Waals surface area contributed by atoms with Crippen molar-refractivity contribution in [3.63, 3.8) is 0 Å². The number of nitrogen functional groups attached to an aromatic ring is 1. The van der Waals surface area contributed by atoms with Gasteiger partial charge in [-0.25, -0.2) is 13.2 Å². The van der Waals surface area contributed by atoms with Gasteiger partial charge in [0.1, 0.15) is 5.52 Å². The zero-order valence-corrected chi connectivity index (χ0v) is 6.89. The van der Waals surface area contributed by atoms with Gasteiger partial charge in [-0.15, -0.1) is 0 Å². The van der Waals surface area contributed by atoms with Crippen LogP contribution in [0.4, 0.5) is 18.9 Å². The molecule has 2 N–H and O–H groups in total. The predicted molar refractivity (Wildman–Crippen MR) is 46.0 cm³/mol. The summed E-state index contributed by atoms with van der Waals surface area (Å²) in [6.45, 7) is 0. The summed E-state index contributed by atoms with van der Waals surface area (Å²) in [6.07, 6.45) is 1.18. The van der Waals surface area contributed by atoms with Crippen molar-refractivity contribution in [1.29, 1.82) is 0 Å². The normalized spacial score (nSPS) is 10.8. The Morgan fingerprint density at radius 2 is 1.79 bits per heavy atom. The van der Waals surface area contributed by atoms with Gasteiger partial charge >= 0.3 is 0 Å². The molecule has 0 unspecified atom stereocenters. The molecule has 0 aliphatic carbocycles. The van der Waals surface area contributed by atoms with Crippen molar-refractivity contribution in [2.45, 2.75) is 0 Å². The van der Waals surface area contributed by atoms with Crippen molar-refractivity contribution in [3.8, 4) is 0 Å². The van der Waals surface area contributed by atoms with E-state index in [1.165, 1.54) is 6.20 Å². The van der Waals surface area contributed by atoms with Crippen LogP contribution in [0, 0.1) is 17.5 Å². The molecule has 0 bridgehead atoms. The standard InChI is InChI=1S/C9H5F3N2/c10-6-2-7(11)9-5(8(6)12)1-4(13)3-14-9/h1-3H,13H2. The quantitative estimate of drug-likeness (QED) is 0.659. The first kappa shape index (κ1) is 8.80. The van der Waals surface area contributed by atoms with Crippen LogP contribution >= 0.6 is 0 Å². The molecule has 0 spiro atoms. The van der Waals surface area contributed by atoms with E-state index in [9.17, 15) is 13.2 Å². The summed E-state index contributed by atoms with van der Waals surface area (Å²) in [5, 5.41) is -0.248. The second-order valence-electron chi connectivity index (χ2n) is 2.82. The number of hydrogen-bond donors (Lipinski definition) is 1. The van der Waals surface area contributed by atoms with Crippen molar-refractivity contribution in [3.05, 3.63) is 35.8 Å². The minimum atomic E-state index is -1.25. The first-order valence-electron chi connectivity index (χ1n) is 3.78. The van der Waals surface area contributed by atoms with E-state index in [0.717, 1.165) is 6.07 Å². The average molecular weight is 198 g/mol. The summed E-state index contributed by atoms with van der Waals surface area (Å²) >= 11 is 0. The van der Waals surface area contributed by atoms with Crippen LogP contribution in [0.15, 0.2) is 18.3 Å². The van der Waals surface area contributed by atoms with Crippen LogP contribution in [0.25, 0.3) is 10.9 Å². The molecular formula is C9H5F3N2. The van der Waals surface area contributed by atoms with Crippen LogP contribution < -0.4 is 5.73 Å². The Balaban J connectivity index is 2.95. The summed E-state index contributed by atoms with van der Waals surface area (Å²) in [7, 11) is 0. The Morgan fingerprint density at radius 1 is 1.07 bits per heavy atom. The summed E-state index contributed by atoms with van der Waals surface area (Å²) in [5.74, 6) is -3.29. The van der Waals surface area contributed by atoms with Gasteiger partial charge in [-0.1, -0.05) is 0 Å². The van der Waals surface area contributed by atoms with Crippen LogP contribution in [0.5, 0.6) is 0 Å². The number of rotatable bonds is 0. The lowest BCUT2D eigenvalue weighted by atomic mass is 10.2. The molecule has 2 rings (SSSR count). The highest BCUT2D eigenvalue weighted by molar-refractivity contribution is 5.82. The molecular weight excluding hydrogens is 193 g/mol. The van der Waals surface area contributed by atoms with Crippen LogP contribution in [-0.2, 0) is 0 Å². The van der Waals surface area contributed by atoms with Crippen molar-refractivity contribution in [1.82, 2.24) is 4.98 Å². The predicted octanol–water partition coefficient (Wildman–Crippen LogP) is 2.23. The molecule has 0 saturated heterocycles. The number of nitrogens with two attached hydrogens (primary N) is 1. The fraction of sp³-hybridized carbons (Fsp3) is 0. The smallest absolute Gasteiger partial charge is 0.168 e. The van der Waals surface area contributed by atoms with E-state index >= 15 is 0 Å². The molecule has 1 heterocycles. The molecule has 5 heteroatoms. The van der Waals surface area contributed by atoms with Crippen molar-refractivity contribution >= 4 is 16.6 Å². The molecule has 72 valence electrons. The van der Waals surface area contributed by atoms with Crippen LogP contribution in [0.3, 0.4) is 0 Å². The third-order valence-corrected chi connectivity index (χ3v) is 1.83. The van der Waals surface area contributed by atoms with Gasteiger partial charge in [0, 0.05) is 11.5 Å². The molecule has 0 aliphatic heterocycles. The van der Waals surface area contributed by atoms with Gasteiger partial charge in [0.2, 0.25) is 0 Å². The van der Waals surface area contributed by atoms with E-state index in [1.807, 2.05) is 0 Å². The first-order valence-corrected chi connectivity index (χ1v) is 3.78. The number of hydrogen-bond acceptors (Lipinski definition) is 2. The Morgan fingerprint density at radius 3 is 2.50 bits per heavy atom. The number of aromatic nitrogens is 1. The van der Waals surface area contributed by atoms with Gasteiger partial charge < -0.3 is 5.73 Å². The molecule has 2 nitrogen and oxygen atoms in total. The Hall–Kier alpha value is -1.78. The molecule has 0 fully saturated rings. The zero-order valence-electron chi connectivity index (χ0n) is 6.89. The fourth-order valence-corrected chi connectivity index (χ4v) is 1.21. The molecule has 0 amide bonds. The largest absolute Gasteiger partial charge is 0.397 e. The van der Waals surface area contributed by atoms with Crippen LogP contribution in [0.2, 0.25) is 0 Å². The van der Waals surface area contributed by atoms with Gasteiger partial charge in [-0.05, 0) is 6.07 Å². The van der Waals surface area contributed by atoms with E-state index in [2.05, 4.69) is 4.98 Å². The second kappa shape index (κ2) is 2.87. The molecule has 0 aliphatic rings. The maximum absolute atomic E-state index is 13.1. The van der Waals surface area contributed by atoms with Crippen molar-refractivity contribution in [2.75, 3.05) is 5.73 Å².